The number of aromatic nitrogens is 1. The minimum atomic E-state index is -0.138. The molecule has 1 aromatic rings. The van der Waals surface area contributed by atoms with Gasteiger partial charge in [0, 0.05) is 19.2 Å². The Balaban J connectivity index is 1.49. The Morgan fingerprint density at radius 2 is 2.12 bits per heavy atom. The Morgan fingerprint density at radius 3 is 2.80 bits per heavy atom. The Morgan fingerprint density at radius 1 is 1.36 bits per heavy atom. The number of hydrogen-bond donors (Lipinski definition) is 1. The van der Waals surface area contributed by atoms with Crippen LogP contribution >= 0.6 is 0 Å². The number of carbonyl (C=O) groups is 1. The van der Waals surface area contributed by atoms with E-state index in [-0.39, 0.29) is 11.9 Å². The summed E-state index contributed by atoms with van der Waals surface area (Å²) in [5.74, 6) is 2.76. The van der Waals surface area contributed by atoms with Crippen LogP contribution in [0, 0.1) is 18.8 Å². The van der Waals surface area contributed by atoms with E-state index in [1.807, 2.05) is 13.8 Å². The topological polar surface area (TPSA) is 61.6 Å². The van der Waals surface area contributed by atoms with Crippen LogP contribution in [-0.4, -0.2) is 59.6 Å². The first-order valence-electron chi connectivity index (χ1n) is 9.72. The van der Waals surface area contributed by atoms with Crippen molar-refractivity contribution >= 4 is 11.7 Å². The van der Waals surface area contributed by atoms with Crippen LogP contribution in [0.1, 0.15) is 45.3 Å². The van der Waals surface area contributed by atoms with Crippen molar-refractivity contribution in [1.82, 2.24) is 15.0 Å². The first kappa shape index (κ1) is 18.4. The summed E-state index contributed by atoms with van der Waals surface area (Å²) < 4.78 is 5.02. The highest BCUT2D eigenvalue weighted by molar-refractivity contribution is 5.93. The van der Waals surface area contributed by atoms with Crippen LogP contribution in [0.5, 0.6) is 0 Å². The maximum absolute atomic E-state index is 12.5. The highest BCUT2D eigenvalue weighted by Crippen LogP contribution is 2.23. The second kappa shape index (κ2) is 8.32. The molecular formula is C19H32N4O2. The maximum atomic E-state index is 12.5. The molecule has 0 spiro atoms. The van der Waals surface area contributed by atoms with Crippen LogP contribution in [-0.2, 0) is 4.79 Å². The average molecular weight is 348 g/mol. The molecule has 0 bridgehead atoms. The SMILES string of the molecule is Cc1cc(NC(=O)[C@H](C)N2CCC[C@@H](CN3CCC(C)CC3)C2)no1. The van der Waals surface area contributed by atoms with Crippen LogP contribution in [0.3, 0.4) is 0 Å². The van der Waals surface area contributed by atoms with E-state index in [4.69, 9.17) is 4.52 Å². The summed E-state index contributed by atoms with van der Waals surface area (Å²) in [7, 11) is 0. The van der Waals surface area contributed by atoms with E-state index in [2.05, 4.69) is 27.2 Å². The normalized spacial score (nSPS) is 25.0. The van der Waals surface area contributed by atoms with Crippen LogP contribution in [0.25, 0.3) is 0 Å². The zero-order valence-electron chi connectivity index (χ0n) is 15.8. The molecule has 1 N–H and O–H groups in total. The molecule has 1 amide bonds. The van der Waals surface area contributed by atoms with Crippen molar-refractivity contribution in [2.75, 3.05) is 38.0 Å². The van der Waals surface area contributed by atoms with Gasteiger partial charge >= 0.3 is 0 Å². The molecule has 0 unspecified atom stereocenters. The van der Waals surface area contributed by atoms with E-state index in [1.165, 1.54) is 45.3 Å². The molecule has 2 aliphatic heterocycles. The van der Waals surface area contributed by atoms with E-state index >= 15 is 0 Å². The first-order chi connectivity index (χ1) is 12.0. The predicted molar refractivity (Wildman–Crippen MR) is 98.5 cm³/mol. The average Bonchev–Trinajstić information content (AvgIpc) is 3.01. The van der Waals surface area contributed by atoms with Crippen LogP contribution in [0.15, 0.2) is 10.6 Å². The van der Waals surface area contributed by atoms with Crippen molar-refractivity contribution < 1.29 is 9.32 Å². The molecule has 6 heteroatoms. The van der Waals surface area contributed by atoms with Crippen LogP contribution in [0.4, 0.5) is 5.82 Å². The van der Waals surface area contributed by atoms with Gasteiger partial charge < -0.3 is 14.7 Å². The molecule has 0 aliphatic carbocycles. The fraction of sp³-hybridized carbons (Fsp3) is 0.789. The number of nitrogens with zero attached hydrogens (tertiary/aromatic N) is 3. The van der Waals surface area contributed by atoms with Gasteiger partial charge in [-0.2, -0.15) is 0 Å². The van der Waals surface area contributed by atoms with Crippen molar-refractivity contribution in [2.45, 2.75) is 52.5 Å². The number of piperidine rings is 2. The van der Waals surface area contributed by atoms with Gasteiger partial charge in [-0.05, 0) is 71.0 Å². The Kier molecular flexibility index (Phi) is 6.12. The number of hydrogen-bond acceptors (Lipinski definition) is 5. The number of likely N-dealkylation sites (tertiary alicyclic amines) is 2. The third-order valence-electron chi connectivity index (χ3n) is 5.75. The smallest absolute Gasteiger partial charge is 0.242 e. The minimum absolute atomic E-state index is 0.000692. The molecule has 140 valence electrons. The van der Waals surface area contributed by atoms with Gasteiger partial charge in [0.2, 0.25) is 5.91 Å². The summed E-state index contributed by atoms with van der Waals surface area (Å²) >= 11 is 0. The first-order valence-corrected chi connectivity index (χ1v) is 9.72. The molecule has 25 heavy (non-hydrogen) atoms. The third-order valence-corrected chi connectivity index (χ3v) is 5.75. The highest BCUT2D eigenvalue weighted by atomic mass is 16.5. The van der Waals surface area contributed by atoms with Gasteiger partial charge in [-0.25, -0.2) is 0 Å². The van der Waals surface area contributed by atoms with Crippen molar-refractivity contribution in [3.05, 3.63) is 11.8 Å². The van der Waals surface area contributed by atoms with E-state index < -0.39 is 0 Å². The number of nitrogens with one attached hydrogen (secondary N) is 1. The fourth-order valence-electron chi connectivity index (χ4n) is 4.03. The van der Waals surface area contributed by atoms with Gasteiger partial charge in [0.25, 0.3) is 0 Å². The molecule has 2 atom stereocenters. The van der Waals surface area contributed by atoms with Crippen molar-refractivity contribution in [3.63, 3.8) is 0 Å². The Labute approximate surface area is 150 Å². The lowest BCUT2D eigenvalue weighted by Crippen LogP contribution is -2.49. The lowest BCUT2D eigenvalue weighted by Gasteiger charge is -2.39. The summed E-state index contributed by atoms with van der Waals surface area (Å²) in [6.45, 7) is 11.8. The second-order valence-corrected chi connectivity index (χ2v) is 7.97. The monoisotopic (exact) mass is 348 g/mol. The Hall–Kier alpha value is -1.40. The standard InChI is InChI=1S/C19H32N4O2/c1-14-6-9-22(10-7-14)12-17-5-4-8-23(13-17)16(3)19(24)20-18-11-15(2)25-21-18/h11,14,16-17H,4-10,12-13H2,1-3H3,(H,20,21,24)/t16-,17-/m0/s1. The van der Waals surface area contributed by atoms with Crippen LogP contribution in [0.2, 0.25) is 0 Å². The summed E-state index contributed by atoms with van der Waals surface area (Å²) in [5.41, 5.74) is 0. The summed E-state index contributed by atoms with van der Waals surface area (Å²) in [4.78, 5) is 17.5. The highest BCUT2D eigenvalue weighted by Gasteiger charge is 2.29. The number of carbonyl (C=O) groups excluding carboxylic acids is 1. The molecule has 6 nitrogen and oxygen atoms in total. The van der Waals surface area contributed by atoms with Gasteiger partial charge in [-0.1, -0.05) is 12.1 Å². The number of rotatable bonds is 5. The van der Waals surface area contributed by atoms with Crippen molar-refractivity contribution in [1.29, 1.82) is 0 Å². The van der Waals surface area contributed by atoms with E-state index in [1.54, 1.807) is 6.07 Å². The van der Waals surface area contributed by atoms with Gasteiger partial charge in [0.1, 0.15) is 5.76 Å². The zero-order chi connectivity index (χ0) is 17.8. The zero-order valence-corrected chi connectivity index (χ0v) is 15.8. The molecule has 0 radical (unpaired) electrons. The predicted octanol–water partition coefficient (Wildman–Crippen LogP) is 2.75. The lowest BCUT2D eigenvalue weighted by atomic mass is 9.93. The molecule has 3 rings (SSSR count). The van der Waals surface area contributed by atoms with E-state index in [9.17, 15) is 4.79 Å². The molecule has 0 aromatic carbocycles. The molecule has 2 saturated heterocycles. The second-order valence-electron chi connectivity index (χ2n) is 7.97. The lowest BCUT2D eigenvalue weighted by molar-refractivity contribution is -0.121. The number of amides is 1. The third kappa shape index (κ3) is 5.05. The minimum Gasteiger partial charge on any atom is -0.360 e. The number of anilines is 1. The quantitative estimate of drug-likeness (QED) is 0.886. The maximum Gasteiger partial charge on any atom is 0.242 e. The van der Waals surface area contributed by atoms with Gasteiger partial charge in [-0.3, -0.25) is 9.69 Å². The van der Waals surface area contributed by atoms with Crippen molar-refractivity contribution in [2.24, 2.45) is 11.8 Å². The van der Waals surface area contributed by atoms with Gasteiger partial charge in [0.05, 0.1) is 6.04 Å². The summed E-state index contributed by atoms with van der Waals surface area (Å²) in [6.07, 6.45) is 5.10. The van der Waals surface area contributed by atoms with Gasteiger partial charge in [0.15, 0.2) is 5.82 Å². The van der Waals surface area contributed by atoms with Crippen LogP contribution < -0.4 is 5.32 Å². The van der Waals surface area contributed by atoms with E-state index in [0.717, 1.165) is 19.0 Å². The Bertz CT molecular complexity index is 566. The molecule has 2 fully saturated rings. The molecule has 3 heterocycles. The van der Waals surface area contributed by atoms with Crippen molar-refractivity contribution in [3.8, 4) is 0 Å². The van der Waals surface area contributed by atoms with Gasteiger partial charge in [-0.15, -0.1) is 0 Å². The summed E-state index contributed by atoms with van der Waals surface area (Å²) in [5, 5.41) is 6.71. The molecule has 1 aromatic heterocycles. The number of aryl methyl sites for hydroxylation is 1. The largest absolute Gasteiger partial charge is 0.360 e. The molecular weight excluding hydrogens is 316 g/mol. The molecule has 0 saturated carbocycles. The fourth-order valence-corrected chi connectivity index (χ4v) is 4.03. The summed E-state index contributed by atoms with van der Waals surface area (Å²) in [6, 6.07) is 1.61. The molecule has 2 aliphatic rings. The van der Waals surface area contributed by atoms with E-state index in [0.29, 0.717) is 17.5 Å².